The molecule has 30 heavy (non-hydrogen) atoms. The minimum absolute atomic E-state index is 0.440. The largest absolute Gasteiger partial charge is 0.252 e. The molecule has 2 aromatic rings. The molecule has 0 N–H and O–H groups in total. The lowest BCUT2D eigenvalue weighted by Crippen LogP contribution is -2.26. The van der Waals surface area contributed by atoms with E-state index < -0.39 is 67.4 Å². The monoisotopic (exact) mass is 403 g/mol. The smallest absolute Gasteiger partial charge is 0.201 e. The Morgan fingerprint density at radius 2 is 1.27 bits per heavy atom. The van der Waals surface area contributed by atoms with Crippen molar-refractivity contribution in [3.63, 3.8) is 0 Å². The van der Waals surface area contributed by atoms with Gasteiger partial charge in [-0.2, -0.15) is 45.3 Å². The zero-order valence-corrected chi connectivity index (χ0v) is 14.2. The average Bonchev–Trinajstić information content (AvgIpc) is 2.75. The lowest BCUT2D eigenvalue weighted by Gasteiger charge is -2.08. The minimum Gasteiger partial charge on any atom is -0.201 e. The Morgan fingerprint density at radius 3 is 1.67 bits per heavy atom. The Balaban J connectivity index is 3.43. The van der Waals surface area contributed by atoms with Crippen molar-refractivity contribution in [2.75, 3.05) is 0 Å². The van der Waals surface area contributed by atoms with E-state index in [1.54, 1.807) is 0 Å². The van der Waals surface area contributed by atoms with Crippen LogP contribution in [-0.4, -0.2) is 4.98 Å². The normalized spacial score (nSPS) is 10.3. The highest BCUT2D eigenvalue weighted by atomic mass is 19.2. The van der Waals surface area contributed by atoms with Gasteiger partial charge in [0, 0.05) is 10.4 Å². The molecule has 0 saturated carbocycles. The van der Waals surface area contributed by atoms with Crippen molar-refractivity contribution in [3.05, 3.63) is 62.3 Å². The van der Waals surface area contributed by atoms with Crippen LogP contribution in [0.4, 0.5) is 17.6 Å². The van der Waals surface area contributed by atoms with E-state index in [1.807, 2.05) is 0 Å². The molecular weight excluding hydrogens is 402 g/mol. The Morgan fingerprint density at radius 1 is 0.733 bits per heavy atom. The second kappa shape index (κ2) is 8.20. The highest BCUT2D eigenvalue weighted by Gasteiger charge is 2.26. The molecule has 1 heterocycles. The molecule has 2 rings (SSSR count). The van der Waals surface area contributed by atoms with E-state index in [0.717, 1.165) is 6.07 Å². The van der Waals surface area contributed by atoms with Crippen LogP contribution in [0.25, 0.3) is 11.1 Å². The Bertz CT molecular complexity index is 1460. The van der Waals surface area contributed by atoms with Gasteiger partial charge in [-0.05, 0) is 6.07 Å². The maximum absolute atomic E-state index is 14.2. The SMILES string of the molecule is N#CC(C#N)=c1cc(C#N)/c(=C(\C#N)c2c(F)c(F)nc(F)c2F)c(C#N)c1C#N. The van der Waals surface area contributed by atoms with E-state index >= 15 is 0 Å². The summed E-state index contributed by atoms with van der Waals surface area (Å²) < 4.78 is 55.5. The van der Waals surface area contributed by atoms with Crippen LogP contribution < -0.4 is 10.4 Å². The number of hydrogen-bond acceptors (Lipinski definition) is 7. The van der Waals surface area contributed by atoms with Crippen molar-refractivity contribution in [1.82, 2.24) is 4.98 Å². The van der Waals surface area contributed by atoms with Crippen molar-refractivity contribution in [3.8, 4) is 36.4 Å². The van der Waals surface area contributed by atoms with Crippen LogP contribution in [0.3, 0.4) is 0 Å². The standard InChI is InChI=1S/C19HF4N7/c20-16-15(17(21)19(23)30-18(16)22)13(7-29)14-8(2-24)1-10(9(3-25)4-26)11(5-27)12(14)6-28/h1H/b14-13-. The predicted octanol–water partition coefficient (Wildman–Crippen LogP) is 1.17. The van der Waals surface area contributed by atoms with Crippen molar-refractivity contribution in [1.29, 1.82) is 31.6 Å². The fourth-order valence-corrected chi connectivity index (χ4v) is 2.54. The van der Waals surface area contributed by atoms with Crippen LogP contribution in [0, 0.1) is 91.5 Å². The van der Waals surface area contributed by atoms with Gasteiger partial charge < -0.3 is 0 Å². The summed E-state index contributed by atoms with van der Waals surface area (Å²) in [5.74, 6) is -8.31. The van der Waals surface area contributed by atoms with Gasteiger partial charge in [-0.25, -0.2) is 8.78 Å². The first kappa shape index (κ1) is 21.1. The zero-order valence-electron chi connectivity index (χ0n) is 14.2. The maximum atomic E-state index is 14.2. The van der Waals surface area contributed by atoms with Gasteiger partial charge in [0.05, 0.1) is 33.9 Å². The van der Waals surface area contributed by atoms with Crippen molar-refractivity contribution in [2.45, 2.75) is 0 Å². The van der Waals surface area contributed by atoms with Crippen LogP contribution >= 0.6 is 0 Å². The van der Waals surface area contributed by atoms with Crippen LogP contribution in [0.1, 0.15) is 22.3 Å². The van der Waals surface area contributed by atoms with Crippen molar-refractivity contribution >= 4 is 11.1 Å². The predicted molar refractivity (Wildman–Crippen MR) is 86.7 cm³/mol. The Hall–Kier alpha value is -5.23. The molecule has 0 amide bonds. The van der Waals surface area contributed by atoms with Crippen LogP contribution in [0.2, 0.25) is 0 Å². The summed E-state index contributed by atoms with van der Waals surface area (Å²) in [5, 5.41) is 54.5. The summed E-state index contributed by atoms with van der Waals surface area (Å²) in [5.41, 5.74) is -5.50. The zero-order chi connectivity index (χ0) is 22.6. The first-order valence-corrected chi connectivity index (χ1v) is 7.37. The molecule has 0 saturated heterocycles. The van der Waals surface area contributed by atoms with Gasteiger partial charge in [-0.3, -0.25) is 0 Å². The number of nitrogens with zero attached hydrogens (tertiary/aromatic N) is 7. The highest BCUT2D eigenvalue weighted by Crippen LogP contribution is 2.23. The molecule has 0 aliphatic rings. The van der Waals surface area contributed by atoms with Crippen LogP contribution in [0.15, 0.2) is 6.07 Å². The van der Waals surface area contributed by atoms with E-state index in [2.05, 4.69) is 4.98 Å². The summed E-state index contributed by atoms with van der Waals surface area (Å²) in [6, 6.07) is 9.45. The quantitative estimate of drug-likeness (QED) is 0.511. The van der Waals surface area contributed by atoms with Gasteiger partial charge in [0.15, 0.2) is 11.6 Å². The van der Waals surface area contributed by atoms with E-state index in [9.17, 15) is 38.6 Å². The second-order valence-electron chi connectivity index (χ2n) is 5.21. The van der Waals surface area contributed by atoms with E-state index in [-0.39, 0.29) is 0 Å². The van der Waals surface area contributed by atoms with E-state index in [1.165, 1.54) is 36.4 Å². The second-order valence-corrected chi connectivity index (χ2v) is 5.21. The van der Waals surface area contributed by atoms with Gasteiger partial charge in [0.25, 0.3) is 11.9 Å². The first-order valence-electron chi connectivity index (χ1n) is 7.37. The summed E-state index contributed by atoms with van der Waals surface area (Å²) in [4.78, 5) is 2.36. The molecule has 0 radical (unpaired) electrons. The van der Waals surface area contributed by atoms with Gasteiger partial charge >= 0.3 is 0 Å². The molecule has 0 aliphatic carbocycles. The maximum Gasteiger partial charge on any atom is 0.252 e. The van der Waals surface area contributed by atoms with Crippen molar-refractivity contribution in [2.24, 2.45) is 0 Å². The topological polar surface area (TPSA) is 156 Å². The number of pyridine rings is 1. The van der Waals surface area contributed by atoms with E-state index in [4.69, 9.17) is 10.5 Å². The Labute approximate surface area is 164 Å². The minimum atomic E-state index is -2.09. The number of rotatable bonds is 1. The third-order valence-electron chi connectivity index (χ3n) is 3.77. The summed E-state index contributed by atoms with van der Waals surface area (Å²) in [6.07, 6.45) is 0. The number of halogens is 4. The molecule has 0 aliphatic heterocycles. The molecular formula is C19HF4N7. The average molecular weight is 403 g/mol. The summed E-state index contributed by atoms with van der Waals surface area (Å²) in [7, 11) is 0. The molecule has 0 spiro atoms. The first-order chi connectivity index (χ1) is 14.3. The molecule has 0 atom stereocenters. The van der Waals surface area contributed by atoms with Gasteiger partial charge in [0.1, 0.15) is 35.9 Å². The summed E-state index contributed by atoms with van der Waals surface area (Å²) in [6.45, 7) is 0. The molecule has 7 nitrogen and oxygen atoms in total. The number of benzene rings is 1. The van der Waals surface area contributed by atoms with Gasteiger partial charge in [-0.15, -0.1) is 0 Å². The third kappa shape index (κ3) is 3.12. The number of nitriles is 6. The third-order valence-corrected chi connectivity index (χ3v) is 3.77. The molecule has 1 aromatic heterocycles. The van der Waals surface area contributed by atoms with Crippen molar-refractivity contribution < 1.29 is 17.6 Å². The molecule has 0 bridgehead atoms. The Kier molecular flexibility index (Phi) is 5.76. The lowest BCUT2D eigenvalue weighted by atomic mass is 9.92. The summed E-state index contributed by atoms with van der Waals surface area (Å²) >= 11 is 0. The highest BCUT2D eigenvalue weighted by molar-refractivity contribution is 5.81. The molecule has 1 aromatic carbocycles. The lowest BCUT2D eigenvalue weighted by molar-refractivity contribution is 0.404. The number of hydrogen-bond donors (Lipinski definition) is 0. The fraction of sp³-hybridized carbons (Fsp3) is 0. The van der Waals surface area contributed by atoms with Gasteiger partial charge in [-0.1, -0.05) is 0 Å². The van der Waals surface area contributed by atoms with Crippen LogP contribution in [-0.2, 0) is 0 Å². The van der Waals surface area contributed by atoms with E-state index in [0.29, 0.717) is 0 Å². The molecule has 140 valence electrons. The molecule has 11 heteroatoms. The molecule has 0 unspecified atom stereocenters. The van der Waals surface area contributed by atoms with Gasteiger partial charge in [0.2, 0.25) is 0 Å². The fourth-order valence-electron chi connectivity index (χ4n) is 2.54. The molecule has 0 fully saturated rings. The number of aromatic nitrogens is 1. The van der Waals surface area contributed by atoms with Crippen LogP contribution in [0.5, 0.6) is 0 Å².